The van der Waals surface area contributed by atoms with Crippen molar-refractivity contribution in [2.45, 2.75) is 18.8 Å². The lowest BCUT2D eigenvalue weighted by Gasteiger charge is -2.27. The molecule has 1 aromatic carbocycles. The molecule has 1 aliphatic heterocycles. The lowest BCUT2D eigenvalue weighted by molar-refractivity contribution is 0.339. The van der Waals surface area contributed by atoms with E-state index in [4.69, 9.17) is 4.74 Å². The summed E-state index contributed by atoms with van der Waals surface area (Å²) in [5.74, 6) is 2.63. The van der Waals surface area contributed by atoms with Gasteiger partial charge in [0.1, 0.15) is 5.75 Å². The number of methoxy groups -OCH3 is 1. The summed E-state index contributed by atoms with van der Waals surface area (Å²) in [6.07, 6.45) is 2.49. The fourth-order valence-electron chi connectivity index (χ4n) is 3.17. The minimum Gasteiger partial charge on any atom is -0.496 e. The monoisotopic (exact) mass is 239 g/mol. The fourth-order valence-corrected chi connectivity index (χ4v) is 3.17. The summed E-state index contributed by atoms with van der Waals surface area (Å²) in [6, 6.07) is 6.47. The zero-order valence-corrected chi connectivity index (χ0v) is 10.3. The summed E-state index contributed by atoms with van der Waals surface area (Å²) in [7, 11) is 1.78. The molecule has 1 aromatic rings. The first kappa shape index (κ1) is 11.7. The molecule has 1 aliphatic carbocycles. The molecular formula is C13H18ClNO. The first-order valence-corrected chi connectivity index (χ1v) is 5.76. The van der Waals surface area contributed by atoms with Crippen LogP contribution in [0.1, 0.15) is 23.5 Å². The Balaban J connectivity index is 0.000000963. The first-order valence-electron chi connectivity index (χ1n) is 5.76. The molecule has 1 saturated heterocycles. The SMILES string of the molecule is COc1cccc2c1C1CCNCC1C2.Cl. The van der Waals surface area contributed by atoms with Crippen LogP contribution in [0, 0.1) is 5.92 Å². The van der Waals surface area contributed by atoms with E-state index in [2.05, 4.69) is 23.5 Å². The minimum absolute atomic E-state index is 0. The Bertz CT molecular complexity index is 380. The average molecular weight is 240 g/mol. The number of fused-ring (bicyclic) bond motifs is 3. The van der Waals surface area contributed by atoms with Gasteiger partial charge in [0.2, 0.25) is 0 Å². The molecule has 0 aromatic heterocycles. The second-order valence-corrected chi connectivity index (χ2v) is 4.60. The summed E-state index contributed by atoms with van der Waals surface area (Å²) in [6.45, 7) is 2.32. The lowest BCUT2D eigenvalue weighted by atomic mass is 9.86. The third-order valence-corrected chi connectivity index (χ3v) is 3.84. The van der Waals surface area contributed by atoms with E-state index in [1.54, 1.807) is 7.11 Å². The Kier molecular flexibility index (Phi) is 3.41. The molecule has 0 spiro atoms. The van der Waals surface area contributed by atoms with Gasteiger partial charge < -0.3 is 10.1 Å². The molecule has 0 amide bonds. The topological polar surface area (TPSA) is 21.3 Å². The van der Waals surface area contributed by atoms with E-state index in [1.165, 1.54) is 30.5 Å². The summed E-state index contributed by atoms with van der Waals surface area (Å²) in [5, 5.41) is 3.49. The predicted molar refractivity (Wildman–Crippen MR) is 67.7 cm³/mol. The van der Waals surface area contributed by atoms with E-state index in [0.29, 0.717) is 0 Å². The molecule has 1 N–H and O–H groups in total. The Hall–Kier alpha value is -0.730. The number of hydrogen-bond acceptors (Lipinski definition) is 2. The van der Waals surface area contributed by atoms with E-state index < -0.39 is 0 Å². The van der Waals surface area contributed by atoms with Crippen LogP contribution < -0.4 is 10.1 Å². The maximum absolute atomic E-state index is 5.49. The highest BCUT2D eigenvalue weighted by atomic mass is 35.5. The second kappa shape index (κ2) is 4.64. The Morgan fingerprint density at radius 1 is 1.38 bits per heavy atom. The number of ether oxygens (including phenoxy) is 1. The van der Waals surface area contributed by atoms with E-state index in [9.17, 15) is 0 Å². The van der Waals surface area contributed by atoms with E-state index in [0.717, 1.165) is 24.1 Å². The molecule has 1 heterocycles. The normalized spacial score (nSPS) is 26.6. The minimum atomic E-state index is 0. The standard InChI is InChI=1S/C13H17NO.ClH/c1-15-12-4-2-3-9-7-10-8-14-6-5-11(10)13(9)12;/h2-4,10-11,14H,5-8H2,1H3;1H. The number of piperidine rings is 1. The van der Waals surface area contributed by atoms with Crippen LogP contribution in [0.3, 0.4) is 0 Å². The zero-order valence-electron chi connectivity index (χ0n) is 9.53. The summed E-state index contributed by atoms with van der Waals surface area (Å²) in [5.41, 5.74) is 3.00. The Morgan fingerprint density at radius 3 is 3.06 bits per heavy atom. The molecule has 2 nitrogen and oxygen atoms in total. The van der Waals surface area contributed by atoms with Crippen LogP contribution in [0.2, 0.25) is 0 Å². The Morgan fingerprint density at radius 2 is 2.25 bits per heavy atom. The average Bonchev–Trinajstić information content (AvgIpc) is 2.67. The number of halogens is 1. The van der Waals surface area contributed by atoms with Gasteiger partial charge in [0.05, 0.1) is 7.11 Å². The van der Waals surface area contributed by atoms with Crippen LogP contribution in [-0.2, 0) is 6.42 Å². The highest BCUT2D eigenvalue weighted by molar-refractivity contribution is 5.85. The molecular weight excluding hydrogens is 222 g/mol. The van der Waals surface area contributed by atoms with Gasteiger partial charge in [-0.05, 0) is 49.4 Å². The van der Waals surface area contributed by atoms with E-state index in [1.807, 2.05) is 0 Å². The van der Waals surface area contributed by atoms with Crippen LogP contribution in [-0.4, -0.2) is 20.2 Å². The van der Waals surface area contributed by atoms with Gasteiger partial charge in [0.25, 0.3) is 0 Å². The van der Waals surface area contributed by atoms with Gasteiger partial charge in [0, 0.05) is 5.56 Å². The van der Waals surface area contributed by atoms with Crippen LogP contribution in [0.25, 0.3) is 0 Å². The summed E-state index contributed by atoms with van der Waals surface area (Å²) in [4.78, 5) is 0. The maximum atomic E-state index is 5.49. The van der Waals surface area contributed by atoms with Crippen molar-refractivity contribution in [1.82, 2.24) is 5.32 Å². The van der Waals surface area contributed by atoms with Crippen molar-refractivity contribution in [3.63, 3.8) is 0 Å². The molecule has 0 saturated carbocycles. The molecule has 88 valence electrons. The van der Waals surface area contributed by atoms with Crippen LogP contribution >= 0.6 is 12.4 Å². The number of rotatable bonds is 1. The molecule has 0 radical (unpaired) electrons. The largest absolute Gasteiger partial charge is 0.496 e. The first-order chi connectivity index (χ1) is 7.40. The predicted octanol–water partition coefficient (Wildman–Crippen LogP) is 2.37. The van der Waals surface area contributed by atoms with Crippen molar-refractivity contribution >= 4 is 12.4 Å². The van der Waals surface area contributed by atoms with Crippen LogP contribution in [0.15, 0.2) is 18.2 Å². The van der Waals surface area contributed by atoms with Crippen LogP contribution in [0.5, 0.6) is 5.75 Å². The van der Waals surface area contributed by atoms with Gasteiger partial charge >= 0.3 is 0 Å². The van der Waals surface area contributed by atoms with Crippen molar-refractivity contribution in [2.24, 2.45) is 5.92 Å². The smallest absolute Gasteiger partial charge is 0.122 e. The number of hydrogen-bond donors (Lipinski definition) is 1. The second-order valence-electron chi connectivity index (χ2n) is 4.60. The summed E-state index contributed by atoms with van der Waals surface area (Å²) < 4.78 is 5.49. The fraction of sp³-hybridized carbons (Fsp3) is 0.538. The van der Waals surface area contributed by atoms with Crippen molar-refractivity contribution < 1.29 is 4.74 Å². The van der Waals surface area contributed by atoms with Gasteiger partial charge in [-0.2, -0.15) is 0 Å². The maximum Gasteiger partial charge on any atom is 0.122 e. The highest BCUT2D eigenvalue weighted by Gasteiger charge is 2.35. The lowest BCUT2D eigenvalue weighted by Crippen LogP contribution is -2.33. The van der Waals surface area contributed by atoms with Crippen molar-refractivity contribution in [2.75, 3.05) is 20.2 Å². The highest BCUT2D eigenvalue weighted by Crippen LogP contribution is 2.45. The molecule has 2 atom stereocenters. The molecule has 16 heavy (non-hydrogen) atoms. The number of nitrogens with one attached hydrogen (secondary N) is 1. The van der Waals surface area contributed by atoms with E-state index >= 15 is 0 Å². The van der Waals surface area contributed by atoms with Crippen LogP contribution in [0.4, 0.5) is 0 Å². The molecule has 1 fully saturated rings. The van der Waals surface area contributed by atoms with Gasteiger partial charge in [-0.3, -0.25) is 0 Å². The molecule has 3 heteroatoms. The quantitative estimate of drug-likeness (QED) is 0.813. The molecule has 2 unspecified atom stereocenters. The third-order valence-electron chi connectivity index (χ3n) is 3.84. The number of benzene rings is 1. The summed E-state index contributed by atoms with van der Waals surface area (Å²) >= 11 is 0. The van der Waals surface area contributed by atoms with Crippen molar-refractivity contribution in [3.8, 4) is 5.75 Å². The van der Waals surface area contributed by atoms with E-state index in [-0.39, 0.29) is 12.4 Å². The van der Waals surface area contributed by atoms with Crippen molar-refractivity contribution in [1.29, 1.82) is 0 Å². The molecule has 3 rings (SSSR count). The third kappa shape index (κ3) is 1.70. The van der Waals surface area contributed by atoms with Gasteiger partial charge in [-0.25, -0.2) is 0 Å². The van der Waals surface area contributed by atoms with Gasteiger partial charge in [0.15, 0.2) is 0 Å². The van der Waals surface area contributed by atoms with Gasteiger partial charge in [-0.1, -0.05) is 12.1 Å². The molecule has 2 aliphatic rings. The molecule has 0 bridgehead atoms. The Labute approximate surface area is 103 Å². The van der Waals surface area contributed by atoms with Gasteiger partial charge in [-0.15, -0.1) is 12.4 Å². The zero-order chi connectivity index (χ0) is 10.3. The van der Waals surface area contributed by atoms with Crippen molar-refractivity contribution in [3.05, 3.63) is 29.3 Å².